The van der Waals surface area contributed by atoms with E-state index in [0.29, 0.717) is 19.1 Å². The average molecular weight is 672 g/mol. The highest BCUT2D eigenvalue weighted by atomic mass is 31.2. The second-order valence-electron chi connectivity index (χ2n) is 14.6. The van der Waals surface area contributed by atoms with E-state index in [9.17, 15) is 4.57 Å². The molecule has 3 nitrogen and oxygen atoms in total. The van der Waals surface area contributed by atoms with Gasteiger partial charge < -0.3 is 9.05 Å². The first-order valence-electron chi connectivity index (χ1n) is 19.8. The van der Waals surface area contributed by atoms with Gasteiger partial charge in [-0.2, -0.15) is 0 Å². The van der Waals surface area contributed by atoms with E-state index < -0.39 is 14.9 Å². The molecule has 0 amide bonds. The third-order valence-corrected chi connectivity index (χ3v) is 14.4. The minimum Gasteiger partial charge on any atom is -0.306 e. The van der Waals surface area contributed by atoms with Crippen LogP contribution >= 0.6 is 14.9 Å². The van der Waals surface area contributed by atoms with Crippen LogP contribution in [0.2, 0.25) is 0 Å². The van der Waals surface area contributed by atoms with Gasteiger partial charge in [0.1, 0.15) is 0 Å². The zero-order chi connectivity index (χ0) is 33.2. The molecule has 45 heavy (non-hydrogen) atoms. The van der Waals surface area contributed by atoms with Gasteiger partial charge in [-0.3, -0.25) is 4.57 Å². The van der Waals surface area contributed by atoms with E-state index >= 15 is 0 Å². The summed E-state index contributed by atoms with van der Waals surface area (Å²) in [7, 11) is -4.23. The van der Waals surface area contributed by atoms with Gasteiger partial charge in [-0.1, -0.05) is 154 Å². The van der Waals surface area contributed by atoms with Gasteiger partial charge in [-0.25, -0.2) is 0 Å². The molecule has 0 aromatic carbocycles. The van der Waals surface area contributed by atoms with Crippen LogP contribution in [0.25, 0.3) is 0 Å². The van der Waals surface area contributed by atoms with E-state index in [1.54, 1.807) is 0 Å². The molecule has 0 atom stereocenters. The molecule has 0 spiro atoms. The Morgan fingerprint density at radius 3 is 0.978 bits per heavy atom. The molecule has 0 saturated heterocycles. The number of allylic oxidation sites excluding steroid dienone is 4. The summed E-state index contributed by atoms with van der Waals surface area (Å²) in [5.74, 6) is 0.610. The van der Waals surface area contributed by atoms with Crippen LogP contribution in [0.1, 0.15) is 194 Å². The molecule has 0 bridgehead atoms. The fourth-order valence-electron chi connectivity index (χ4n) is 5.74. The Morgan fingerprint density at radius 1 is 0.422 bits per heavy atom. The Kier molecular flexibility index (Phi) is 34.0. The van der Waals surface area contributed by atoms with E-state index in [0.717, 1.165) is 25.7 Å². The van der Waals surface area contributed by atoms with Gasteiger partial charge in [0.15, 0.2) is 5.90 Å². The lowest BCUT2D eigenvalue weighted by Gasteiger charge is -2.22. The molecular weight excluding hydrogens is 590 g/mol. The van der Waals surface area contributed by atoms with Gasteiger partial charge in [-0.05, 0) is 64.2 Å². The Hall–Kier alpha value is 0.0600. The van der Waals surface area contributed by atoms with Crippen molar-refractivity contribution in [1.82, 2.24) is 0 Å². The van der Waals surface area contributed by atoms with Crippen molar-refractivity contribution in [1.29, 1.82) is 0 Å². The molecule has 268 valence electrons. The predicted molar refractivity (Wildman–Crippen MR) is 208 cm³/mol. The summed E-state index contributed by atoms with van der Waals surface area (Å²) in [5.41, 5.74) is 0. The topological polar surface area (TPSA) is 35.5 Å². The van der Waals surface area contributed by atoms with Gasteiger partial charge in [0.2, 0.25) is 0 Å². The summed E-state index contributed by atoms with van der Waals surface area (Å²) in [6.45, 7) is 12.4. The molecule has 0 radical (unpaired) electrons. The Balaban J connectivity index is 3.78. The predicted octanol–water partition coefficient (Wildman–Crippen LogP) is 15.2. The number of hydrogen-bond acceptors (Lipinski definition) is 3. The van der Waals surface area contributed by atoms with Crippen LogP contribution in [0.3, 0.4) is 0 Å². The molecule has 0 aromatic heterocycles. The lowest BCUT2D eigenvalue weighted by atomic mass is 10.1. The second-order valence-corrected chi connectivity index (χ2v) is 22.0. The maximum absolute atomic E-state index is 13.5. The Labute approximate surface area is 284 Å². The van der Waals surface area contributed by atoms with Crippen LogP contribution in [0.5, 0.6) is 0 Å². The molecular formula is C40H81O3P2+. The van der Waals surface area contributed by atoms with E-state index in [-0.39, 0.29) is 0 Å². The highest BCUT2D eigenvalue weighted by molar-refractivity contribution is 7.83. The molecule has 0 fully saturated rings. The third-order valence-electron chi connectivity index (χ3n) is 8.49. The van der Waals surface area contributed by atoms with Gasteiger partial charge in [0.05, 0.1) is 13.2 Å². The molecule has 0 aliphatic heterocycles. The lowest BCUT2D eigenvalue weighted by molar-refractivity contribution is 0.201. The van der Waals surface area contributed by atoms with Crippen LogP contribution in [-0.4, -0.2) is 39.1 Å². The molecule has 0 heterocycles. The maximum Gasteiger partial charge on any atom is 0.367 e. The third kappa shape index (κ3) is 36.7. The van der Waals surface area contributed by atoms with Gasteiger partial charge in [-0.15, -0.1) is 0 Å². The highest BCUT2D eigenvalue weighted by Crippen LogP contribution is 2.64. The van der Waals surface area contributed by atoms with Crippen molar-refractivity contribution in [3.05, 3.63) is 24.3 Å². The van der Waals surface area contributed by atoms with E-state index in [1.165, 1.54) is 154 Å². The first-order valence-corrected chi connectivity index (χ1v) is 24.9. The molecule has 0 saturated carbocycles. The fourth-order valence-corrected chi connectivity index (χ4v) is 11.4. The number of rotatable bonds is 36. The molecule has 0 N–H and O–H groups in total. The van der Waals surface area contributed by atoms with Crippen LogP contribution in [-0.2, 0) is 13.6 Å². The quantitative estimate of drug-likeness (QED) is 0.0378. The normalized spacial score (nSPS) is 12.7. The van der Waals surface area contributed by atoms with E-state index in [1.807, 2.05) is 0 Å². The van der Waals surface area contributed by atoms with Crippen LogP contribution in [0.4, 0.5) is 0 Å². The zero-order valence-corrected chi connectivity index (χ0v) is 33.1. The van der Waals surface area contributed by atoms with Crippen molar-refractivity contribution in [3.8, 4) is 0 Å². The Morgan fingerprint density at radius 2 is 0.689 bits per heavy atom. The van der Waals surface area contributed by atoms with Crippen LogP contribution < -0.4 is 0 Å². The summed E-state index contributed by atoms with van der Waals surface area (Å²) in [5, 5.41) is 0. The van der Waals surface area contributed by atoms with Crippen molar-refractivity contribution in [2.75, 3.05) is 39.1 Å². The van der Waals surface area contributed by atoms with Crippen molar-refractivity contribution in [2.45, 2.75) is 194 Å². The molecule has 0 aliphatic carbocycles. The van der Waals surface area contributed by atoms with Crippen molar-refractivity contribution in [3.63, 3.8) is 0 Å². The minimum atomic E-state index is -2.99. The summed E-state index contributed by atoms with van der Waals surface area (Å²) in [6.07, 6.45) is 45.8. The zero-order valence-electron chi connectivity index (χ0n) is 31.3. The van der Waals surface area contributed by atoms with E-state index in [2.05, 4.69) is 58.1 Å². The number of unbranched alkanes of at least 4 members (excludes halogenated alkanes) is 24. The first-order chi connectivity index (χ1) is 21.8. The summed E-state index contributed by atoms with van der Waals surface area (Å²) >= 11 is 0. The summed E-state index contributed by atoms with van der Waals surface area (Å²) in [6, 6.07) is 0. The summed E-state index contributed by atoms with van der Waals surface area (Å²) in [4.78, 5) is 0. The smallest absolute Gasteiger partial charge is 0.306 e. The van der Waals surface area contributed by atoms with Crippen LogP contribution in [0, 0.1) is 0 Å². The van der Waals surface area contributed by atoms with E-state index in [4.69, 9.17) is 9.05 Å². The SMILES string of the molecule is CCCCCCCC/C=C\CCCCCCCCOP(=O)(C[P+](C)(C)C)OCCCCCCCC/C=C\CCCCCCCC. The average Bonchev–Trinajstić information content (AvgIpc) is 2.99. The lowest BCUT2D eigenvalue weighted by Crippen LogP contribution is -2.05. The molecule has 0 rings (SSSR count). The second kappa shape index (κ2) is 33.9. The first kappa shape index (κ1) is 45.1. The molecule has 0 aliphatic rings. The number of hydrogen-bond donors (Lipinski definition) is 0. The molecule has 0 aromatic rings. The Bertz CT molecular complexity index is 650. The van der Waals surface area contributed by atoms with Crippen molar-refractivity contribution >= 4 is 14.9 Å². The van der Waals surface area contributed by atoms with Gasteiger partial charge in [0.25, 0.3) is 0 Å². The molecule has 0 unspecified atom stereocenters. The fraction of sp³-hybridized carbons (Fsp3) is 0.900. The molecule has 5 heteroatoms. The van der Waals surface area contributed by atoms with Gasteiger partial charge >= 0.3 is 7.60 Å². The van der Waals surface area contributed by atoms with Crippen molar-refractivity contribution in [2.24, 2.45) is 0 Å². The largest absolute Gasteiger partial charge is 0.367 e. The summed E-state index contributed by atoms with van der Waals surface area (Å²) < 4.78 is 25.5. The maximum atomic E-state index is 13.5. The van der Waals surface area contributed by atoms with Gasteiger partial charge in [0, 0.05) is 27.3 Å². The minimum absolute atomic E-state index is 0.575. The van der Waals surface area contributed by atoms with Crippen LogP contribution in [0.15, 0.2) is 24.3 Å². The standard InChI is InChI=1S/C40H81O3P2/c1-6-8-10-12-14-16-18-20-22-24-26-28-30-32-34-36-38-42-45(41,40-44(3,4)5)43-39-37-35-33-31-29-27-25-23-21-19-17-15-13-11-9-7-2/h20-23H,6-19,24-40H2,1-5H3/q+1/b22-20-,23-21-. The van der Waals surface area contributed by atoms with Crippen molar-refractivity contribution < 1.29 is 13.6 Å². The monoisotopic (exact) mass is 672 g/mol. The highest BCUT2D eigenvalue weighted by Gasteiger charge is 2.35.